The molecule has 0 unspecified atom stereocenters. The molecule has 3 N–H and O–H groups in total. The third-order valence-electron chi connectivity index (χ3n) is 3.63. The van der Waals surface area contributed by atoms with Gasteiger partial charge in [-0.05, 0) is 18.2 Å². The molecule has 0 aliphatic carbocycles. The molecule has 0 fully saturated rings. The van der Waals surface area contributed by atoms with E-state index in [9.17, 15) is 20.0 Å². The number of imidazole rings is 1. The van der Waals surface area contributed by atoms with Crippen molar-refractivity contribution >= 4 is 40.6 Å². The minimum atomic E-state index is -0.636. The number of para-hydroxylation sites is 2. The molecule has 1 heterocycles. The van der Waals surface area contributed by atoms with Gasteiger partial charge in [-0.3, -0.25) is 14.9 Å². The largest absolute Gasteiger partial charge is 0.504 e. The topological polar surface area (TPSA) is 143 Å². The van der Waals surface area contributed by atoms with E-state index in [0.29, 0.717) is 5.16 Å². The Balaban J connectivity index is 1.61. The average Bonchev–Trinajstić information content (AvgIpc) is 3.09. The normalized spacial score (nSPS) is 11.0. The van der Waals surface area contributed by atoms with E-state index in [0.717, 1.165) is 29.4 Å². The first-order valence-electron chi connectivity index (χ1n) is 7.92. The number of aromatic amines is 1. The summed E-state index contributed by atoms with van der Waals surface area (Å²) in [7, 11) is 1.28. The Morgan fingerprint density at radius 1 is 1.46 bits per heavy atom. The summed E-state index contributed by atoms with van der Waals surface area (Å²) in [5.74, 6) is -0.675. The van der Waals surface area contributed by atoms with Crippen molar-refractivity contribution in [3.05, 3.63) is 52.1 Å². The lowest BCUT2D eigenvalue weighted by atomic mass is 10.1. The highest BCUT2D eigenvalue weighted by Crippen LogP contribution is 2.32. The number of nitrogens with one attached hydrogen (secondary N) is 2. The molecule has 28 heavy (non-hydrogen) atoms. The van der Waals surface area contributed by atoms with Gasteiger partial charge >= 0.3 is 0 Å². The molecule has 0 aliphatic heterocycles. The first kappa shape index (κ1) is 19.2. The number of nitrogens with zero attached hydrogens (tertiary/aromatic N) is 3. The molecule has 0 atom stereocenters. The molecule has 0 saturated heterocycles. The van der Waals surface area contributed by atoms with Crippen LogP contribution >= 0.6 is 11.8 Å². The molecule has 3 rings (SSSR count). The number of nitro benzene ring substituents is 1. The summed E-state index contributed by atoms with van der Waals surface area (Å²) < 4.78 is 4.85. The summed E-state index contributed by atoms with van der Waals surface area (Å²) >= 11 is 1.20. The summed E-state index contributed by atoms with van der Waals surface area (Å²) in [5.41, 5.74) is 3.66. The molecule has 0 aliphatic rings. The lowest BCUT2D eigenvalue weighted by Crippen LogP contribution is -2.19. The number of aromatic nitrogens is 2. The number of H-pyrrole nitrogens is 1. The van der Waals surface area contributed by atoms with Crippen molar-refractivity contribution in [2.75, 3.05) is 12.9 Å². The zero-order valence-corrected chi connectivity index (χ0v) is 15.4. The van der Waals surface area contributed by atoms with E-state index < -0.39 is 10.8 Å². The van der Waals surface area contributed by atoms with Gasteiger partial charge in [0.05, 0.1) is 46.7 Å². The lowest BCUT2D eigenvalue weighted by molar-refractivity contribution is -0.385. The van der Waals surface area contributed by atoms with Gasteiger partial charge in [0.1, 0.15) is 0 Å². The Labute approximate surface area is 162 Å². The Hall–Kier alpha value is -3.60. The quantitative estimate of drug-likeness (QED) is 0.239. The van der Waals surface area contributed by atoms with Crippen LogP contribution in [0.5, 0.6) is 11.5 Å². The van der Waals surface area contributed by atoms with E-state index >= 15 is 0 Å². The van der Waals surface area contributed by atoms with Gasteiger partial charge in [0, 0.05) is 0 Å². The summed E-state index contributed by atoms with van der Waals surface area (Å²) in [5, 5.41) is 25.2. The number of methoxy groups -OCH3 is 1. The van der Waals surface area contributed by atoms with Gasteiger partial charge in [-0.1, -0.05) is 23.9 Å². The number of carbonyl (C=O) groups excluding carboxylic acids is 1. The maximum absolute atomic E-state index is 11.9. The van der Waals surface area contributed by atoms with Crippen molar-refractivity contribution in [2.24, 2.45) is 5.10 Å². The fraction of sp³-hybridized carbons (Fsp3) is 0.118. The van der Waals surface area contributed by atoms with Crippen molar-refractivity contribution in [2.45, 2.75) is 5.16 Å². The fourth-order valence-electron chi connectivity index (χ4n) is 2.34. The molecular weight excluding hydrogens is 386 g/mol. The van der Waals surface area contributed by atoms with E-state index in [1.54, 1.807) is 0 Å². The van der Waals surface area contributed by atoms with E-state index in [1.807, 2.05) is 24.3 Å². The number of hydrazone groups is 1. The molecule has 0 bridgehead atoms. The molecule has 10 nitrogen and oxygen atoms in total. The van der Waals surface area contributed by atoms with Crippen LogP contribution in [-0.4, -0.2) is 45.0 Å². The van der Waals surface area contributed by atoms with Crippen molar-refractivity contribution in [1.82, 2.24) is 15.4 Å². The molecule has 1 amide bonds. The zero-order valence-electron chi connectivity index (χ0n) is 14.6. The minimum Gasteiger partial charge on any atom is -0.504 e. The third-order valence-corrected chi connectivity index (χ3v) is 4.50. The highest BCUT2D eigenvalue weighted by Gasteiger charge is 2.17. The van der Waals surface area contributed by atoms with Gasteiger partial charge in [-0.2, -0.15) is 5.10 Å². The Morgan fingerprint density at radius 2 is 2.25 bits per heavy atom. The first-order chi connectivity index (χ1) is 13.5. The van der Waals surface area contributed by atoms with Gasteiger partial charge in [0.15, 0.2) is 16.7 Å². The number of carbonyl (C=O) groups is 1. The third kappa shape index (κ3) is 4.38. The van der Waals surface area contributed by atoms with Gasteiger partial charge in [-0.15, -0.1) is 0 Å². The Morgan fingerprint density at radius 3 is 2.96 bits per heavy atom. The number of phenols is 1. The molecule has 144 valence electrons. The minimum absolute atomic E-state index is 0.0218. The number of nitro groups is 1. The van der Waals surface area contributed by atoms with Crippen LogP contribution in [0.4, 0.5) is 5.69 Å². The van der Waals surface area contributed by atoms with E-state index in [4.69, 9.17) is 4.74 Å². The number of amides is 1. The second-order valence-corrected chi connectivity index (χ2v) is 6.44. The second kappa shape index (κ2) is 8.39. The maximum Gasteiger partial charge on any atom is 0.282 e. The number of benzene rings is 2. The number of rotatable bonds is 7. The van der Waals surface area contributed by atoms with Crippen molar-refractivity contribution in [1.29, 1.82) is 0 Å². The van der Waals surface area contributed by atoms with Gasteiger partial charge in [-0.25, -0.2) is 10.4 Å². The highest BCUT2D eigenvalue weighted by atomic mass is 32.2. The number of aromatic hydroxyl groups is 1. The average molecular weight is 401 g/mol. The number of hydrogen-bond donors (Lipinski definition) is 3. The van der Waals surface area contributed by atoms with Crippen LogP contribution in [0, 0.1) is 10.1 Å². The molecule has 0 saturated carbocycles. The fourth-order valence-corrected chi connectivity index (χ4v) is 3.01. The number of thioether (sulfide) groups is 1. The van der Waals surface area contributed by atoms with Crippen LogP contribution in [0.3, 0.4) is 0 Å². The van der Waals surface area contributed by atoms with Crippen LogP contribution in [0.15, 0.2) is 46.7 Å². The molecule has 2 aromatic carbocycles. The van der Waals surface area contributed by atoms with E-state index in [-0.39, 0.29) is 28.5 Å². The zero-order chi connectivity index (χ0) is 20.1. The van der Waals surface area contributed by atoms with Crippen molar-refractivity contribution in [3.8, 4) is 11.5 Å². The molecule has 0 radical (unpaired) electrons. The van der Waals surface area contributed by atoms with Crippen LogP contribution in [0.2, 0.25) is 0 Å². The lowest BCUT2D eigenvalue weighted by Gasteiger charge is -2.05. The summed E-state index contributed by atoms with van der Waals surface area (Å²) in [6, 6.07) is 9.71. The highest BCUT2D eigenvalue weighted by molar-refractivity contribution is 7.99. The van der Waals surface area contributed by atoms with Crippen molar-refractivity contribution in [3.63, 3.8) is 0 Å². The molecule has 1 aromatic heterocycles. The number of hydrogen-bond acceptors (Lipinski definition) is 8. The molecule has 11 heteroatoms. The summed E-state index contributed by atoms with van der Waals surface area (Å²) in [4.78, 5) is 29.9. The number of fused-ring (bicyclic) bond motifs is 1. The predicted octanol–water partition coefficient (Wildman–Crippen LogP) is 2.43. The van der Waals surface area contributed by atoms with Crippen molar-refractivity contribution < 1.29 is 19.6 Å². The van der Waals surface area contributed by atoms with E-state index in [1.165, 1.54) is 18.9 Å². The predicted molar refractivity (Wildman–Crippen MR) is 104 cm³/mol. The van der Waals surface area contributed by atoms with Crippen LogP contribution in [0.1, 0.15) is 5.56 Å². The second-order valence-electron chi connectivity index (χ2n) is 5.48. The van der Waals surface area contributed by atoms with Gasteiger partial charge < -0.3 is 14.8 Å². The molecular formula is C17H15N5O5S. The Kier molecular flexibility index (Phi) is 5.75. The van der Waals surface area contributed by atoms with Crippen LogP contribution in [-0.2, 0) is 4.79 Å². The monoisotopic (exact) mass is 401 g/mol. The number of phenolic OH excluding ortho intramolecular Hbond substituents is 1. The van der Waals surface area contributed by atoms with Gasteiger partial charge in [0.25, 0.3) is 11.6 Å². The smallest absolute Gasteiger partial charge is 0.282 e. The SMILES string of the molecule is COc1cc([N+](=O)[O-])c(/C=N/NC(=O)CSc2nc3ccccc3[nH]2)cc1O. The van der Waals surface area contributed by atoms with Gasteiger partial charge in [0.2, 0.25) is 0 Å². The van der Waals surface area contributed by atoms with Crippen LogP contribution < -0.4 is 10.2 Å². The maximum atomic E-state index is 11.9. The first-order valence-corrected chi connectivity index (χ1v) is 8.91. The number of ether oxygens (including phenoxy) is 1. The Bertz CT molecular complexity index is 1030. The van der Waals surface area contributed by atoms with E-state index in [2.05, 4.69) is 20.5 Å². The van der Waals surface area contributed by atoms with Crippen LogP contribution in [0.25, 0.3) is 11.0 Å². The molecule has 3 aromatic rings. The standard InChI is InChI=1S/C17H15N5O5S/c1-27-15-7-13(22(25)26)10(6-14(15)23)8-18-21-16(24)9-28-17-19-11-4-2-3-5-12(11)20-17/h2-8,23H,9H2,1H3,(H,19,20)(H,21,24)/b18-8+. The summed E-state index contributed by atoms with van der Waals surface area (Å²) in [6.45, 7) is 0. The summed E-state index contributed by atoms with van der Waals surface area (Å²) in [6.07, 6.45) is 1.08. The molecule has 0 spiro atoms.